The number of urea groups is 1. The number of ether oxygens (including phenoxy) is 2. The Balaban J connectivity index is 1.64. The van der Waals surface area contributed by atoms with Crippen molar-refractivity contribution in [2.75, 3.05) is 11.9 Å². The minimum atomic E-state index is -4.53. The number of benzene rings is 2. The van der Waals surface area contributed by atoms with Crippen LogP contribution in [0, 0.1) is 6.92 Å². The molecular weight excluding hydrogens is 423 g/mol. The van der Waals surface area contributed by atoms with Gasteiger partial charge in [0, 0.05) is 18.9 Å². The molecule has 1 heterocycles. The predicted octanol–water partition coefficient (Wildman–Crippen LogP) is 5.92. The van der Waals surface area contributed by atoms with Gasteiger partial charge in [0.1, 0.15) is 17.2 Å². The van der Waals surface area contributed by atoms with E-state index < -0.39 is 17.8 Å². The van der Waals surface area contributed by atoms with Crippen molar-refractivity contribution in [2.24, 2.45) is 0 Å². The second kappa shape index (κ2) is 10.0. The van der Waals surface area contributed by atoms with Crippen LogP contribution in [0.2, 0.25) is 0 Å². The van der Waals surface area contributed by atoms with E-state index in [0.717, 1.165) is 23.3 Å². The lowest BCUT2D eigenvalue weighted by molar-refractivity contribution is -0.137. The number of nitrogens with one attached hydrogen (secondary N) is 2. The molecule has 0 aliphatic carbocycles. The Hall–Kier alpha value is -3.75. The third kappa shape index (κ3) is 6.13. The molecule has 3 rings (SSSR count). The molecule has 0 aliphatic heterocycles. The van der Waals surface area contributed by atoms with E-state index in [1.807, 2.05) is 13.0 Å². The summed E-state index contributed by atoms with van der Waals surface area (Å²) in [7, 11) is 0. The van der Waals surface area contributed by atoms with Crippen LogP contribution < -0.4 is 20.1 Å². The molecular formula is C23H22F3N3O3. The fourth-order valence-corrected chi connectivity index (χ4v) is 2.90. The van der Waals surface area contributed by atoms with Gasteiger partial charge in [0.25, 0.3) is 0 Å². The van der Waals surface area contributed by atoms with Crippen molar-refractivity contribution in [3.8, 4) is 17.2 Å². The van der Waals surface area contributed by atoms with Crippen molar-refractivity contribution in [1.82, 2.24) is 10.3 Å². The van der Waals surface area contributed by atoms with Gasteiger partial charge >= 0.3 is 12.2 Å². The molecule has 0 spiro atoms. The number of halogens is 3. The minimum absolute atomic E-state index is 0.0588. The average Bonchev–Trinajstić information content (AvgIpc) is 2.75. The van der Waals surface area contributed by atoms with Crippen molar-refractivity contribution >= 4 is 11.7 Å². The zero-order valence-corrected chi connectivity index (χ0v) is 17.5. The van der Waals surface area contributed by atoms with Crippen molar-refractivity contribution in [3.63, 3.8) is 0 Å². The van der Waals surface area contributed by atoms with Gasteiger partial charge < -0.3 is 20.1 Å². The van der Waals surface area contributed by atoms with E-state index >= 15 is 0 Å². The van der Waals surface area contributed by atoms with Crippen LogP contribution in [0.1, 0.15) is 23.6 Å². The molecule has 0 saturated heterocycles. The van der Waals surface area contributed by atoms with Gasteiger partial charge in [0.05, 0.1) is 17.9 Å². The van der Waals surface area contributed by atoms with Crippen molar-refractivity contribution in [3.05, 3.63) is 77.6 Å². The number of aromatic nitrogens is 1. The molecule has 0 radical (unpaired) electrons. The molecule has 1 aromatic heterocycles. The Bertz CT molecular complexity index is 1070. The van der Waals surface area contributed by atoms with E-state index in [-0.39, 0.29) is 24.6 Å². The Labute approximate surface area is 183 Å². The number of anilines is 1. The zero-order valence-electron chi connectivity index (χ0n) is 17.5. The third-order valence-electron chi connectivity index (χ3n) is 4.42. The second-order valence-electron chi connectivity index (χ2n) is 6.83. The molecule has 2 amide bonds. The fraction of sp³-hybridized carbons (Fsp3) is 0.217. The first-order valence-electron chi connectivity index (χ1n) is 9.82. The SMILES string of the molecule is CCOc1ccc(C(F)(F)F)cc1NC(=O)NCc1ccc(Oc2ccncc2)c(C)c1. The number of pyridine rings is 1. The molecule has 0 unspecified atom stereocenters. The molecule has 9 heteroatoms. The lowest BCUT2D eigenvalue weighted by atomic mass is 10.1. The zero-order chi connectivity index (χ0) is 23.1. The maximum atomic E-state index is 13.0. The van der Waals surface area contributed by atoms with Crippen molar-refractivity contribution in [1.29, 1.82) is 0 Å². The van der Waals surface area contributed by atoms with E-state index in [1.54, 1.807) is 43.6 Å². The van der Waals surface area contributed by atoms with Gasteiger partial charge in [-0.25, -0.2) is 4.79 Å². The van der Waals surface area contributed by atoms with Crippen LogP contribution in [0.5, 0.6) is 17.2 Å². The first-order chi connectivity index (χ1) is 15.3. The van der Waals surface area contributed by atoms with Gasteiger partial charge in [0.15, 0.2) is 0 Å². The summed E-state index contributed by atoms with van der Waals surface area (Å²) in [4.78, 5) is 16.2. The lowest BCUT2D eigenvalue weighted by Gasteiger charge is -2.15. The minimum Gasteiger partial charge on any atom is -0.492 e. The summed E-state index contributed by atoms with van der Waals surface area (Å²) in [6, 6.07) is 11.2. The maximum Gasteiger partial charge on any atom is 0.416 e. The normalized spacial score (nSPS) is 11.0. The topological polar surface area (TPSA) is 72.5 Å². The first-order valence-corrected chi connectivity index (χ1v) is 9.82. The lowest BCUT2D eigenvalue weighted by Crippen LogP contribution is -2.28. The molecule has 168 valence electrons. The third-order valence-corrected chi connectivity index (χ3v) is 4.42. The smallest absolute Gasteiger partial charge is 0.416 e. The van der Waals surface area contributed by atoms with Crippen molar-refractivity contribution < 1.29 is 27.4 Å². The second-order valence-corrected chi connectivity index (χ2v) is 6.83. The number of hydrogen-bond acceptors (Lipinski definition) is 4. The van der Waals surface area contributed by atoms with E-state index in [0.29, 0.717) is 11.5 Å². The summed E-state index contributed by atoms with van der Waals surface area (Å²) < 4.78 is 50.2. The van der Waals surface area contributed by atoms with Crippen LogP contribution in [0.4, 0.5) is 23.7 Å². The van der Waals surface area contributed by atoms with Gasteiger partial charge in [0.2, 0.25) is 0 Å². The fourth-order valence-electron chi connectivity index (χ4n) is 2.90. The molecule has 2 N–H and O–H groups in total. The molecule has 0 atom stereocenters. The summed E-state index contributed by atoms with van der Waals surface area (Å²) >= 11 is 0. The van der Waals surface area contributed by atoms with E-state index in [4.69, 9.17) is 9.47 Å². The summed E-state index contributed by atoms with van der Waals surface area (Å²) in [6.45, 7) is 3.99. The Kier molecular flexibility index (Phi) is 7.19. The van der Waals surface area contributed by atoms with Crippen LogP contribution in [0.15, 0.2) is 60.9 Å². The molecule has 2 aromatic carbocycles. The summed E-state index contributed by atoms with van der Waals surface area (Å²) in [5.74, 6) is 1.47. The molecule has 0 aliphatic rings. The quantitative estimate of drug-likeness (QED) is 0.473. The predicted molar refractivity (Wildman–Crippen MR) is 114 cm³/mol. The molecule has 32 heavy (non-hydrogen) atoms. The molecule has 0 fully saturated rings. The highest BCUT2D eigenvalue weighted by atomic mass is 19.4. The van der Waals surface area contributed by atoms with Crippen LogP contribution in [-0.2, 0) is 12.7 Å². The highest BCUT2D eigenvalue weighted by Gasteiger charge is 2.31. The number of nitrogens with zero attached hydrogens (tertiary/aromatic N) is 1. The van der Waals surface area contributed by atoms with E-state index in [9.17, 15) is 18.0 Å². The molecule has 0 saturated carbocycles. The number of carbonyl (C=O) groups excluding carboxylic acids is 1. The van der Waals surface area contributed by atoms with Crippen LogP contribution in [-0.4, -0.2) is 17.6 Å². The van der Waals surface area contributed by atoms with Crippen LogP contribution >= 0.6 is 0 Å². The maximum absolute atomic E-state index is 13.0. The Morgan fingerprint density at radius 2 is 1.75 bits per heavy atom. The van der Waals surface area contributed by atoms with Gasteiger partial charge in [-0.15, -0.1) is 0 Å². The average molecular weight is 445 g/mol. The highest BCUT2D eigenvalue weighted by Crippen LogP contribution is 2.35. The van der Waals surface area contributed by atoms with E-state index in [2.05, 4.69) is 15.6 Å². The van der Waals surface area contributed by atoms with E-state index in [1.165, 1.54) is 6.07 Å². The number of hydrogen-bond donors (Lipinski definition) is 2. The van der Waals surface area contributed by atoms with Crippen molar-refractivity contribution in [2.45, 2.75) is 26.6 Å². The summed E-state index contributed by atoms with van der Waals surface area (Å²) in [5, 5.41) is 5.07. The van der Waals surface area contributed by atoms with Crippen LogP contribution in [0.25, 0.3) is 0 Å². The Morgan fingerprint density at radius 3 is 2.41 bits per heavy atom. The largest absolute Gasteiger partial charge is 0.492 e. The number of alkyl halides is 3. The van der Waals surface area contributed by atoms with Gasteiger partial charge in [-0.3, -0.25) is 4.98 Å². The standard InChI is InChI=1S/C23H22F3N3O3/c1-3-31-21-7-5-17(23(24,25)26)13-19(21)29-22(30)28-14-16-4-6-20(15(2)12-16)32-18-8-10-27-11-9-18/h4-13H,3,14H2,1-2H3,(H2,28,29,30). The summed E-state index contributed by atoms with van der Waals surface area (Å²) in [5.41, 5.74) is 0.722. The van der Waals surface area contributed by atoms with Gasteiger partial charge in [-0.1, -0.05) is 12.1 Å². The monoisotopic (exact) mass is 445 g/mol. The number of rotatable bonds is 7. The Morgan fingerprint density at radius 1 is 1.03 bits per heavy atom. The summed E-state index contributed by atoms with van der Waals surface area (Å²) in [6.07, 6.45) is -1.28. The molecule has 0 bridgehead atoms. The number of aryl methyl sites for hydroxylation is 1. The molecule has 6 nitrogen and oxygen atoms in total. The highest BCUT2D eigenvalue weighted by molar-refractivity contribution is 5.91. The number of amides is 2. The first kappa shape index (κ1) is 22.9. The molecule has 3 aromatic rings. The van der Waals surface area contributed by atoms with Gasteiger partial charge in [-0.2, -0.15) is 13.2 Å². The number of carbonyl (C=O) groups is 1. The van der Waals surface area contributed by atoms with Gasteiger partial charge in [-0.05, 0) is 61.4 Å². The van der Waals surface area contributed by atoms with Crippen LogP contribution in [0.3, 0.4) is 0 Å².